The Morgan fingerprint density at radius 3 is 2.03 bits per heavy atom. The number of carbonyl (C=O) groups is 1. The first-order valence-corrected chi connectivity index (χ1v) is 13.5. The van der Waals surface area contributed by atoms with Gasteiger partial charge in [-0.2, -0.15) is 4.31 Å². The molecule has 6 nitrogen and oxygen atoms in total. The molecule has 1 aliphatic heterocycles. The van der Waals surface area contributed by atoms with Crippen molar-refractivity contribution in [2.75, 3.05) is 31.5 Å². The molecular weight excluding hydrogens is 458 g/mol. The molecule has 1 atom stereocenters. The number of sulfonamides is 1. The minimum absolute atomic E-state index is 0.103. The largest absolute Gasteiger partial charge is 0.324 e. The summed E-state index contributed by atoms with van der Waals surface area (Å²) in [5.41, 5.74) is 3.88. The Bertz CT molecular complexity index is 1250. The van der Waals surface area contributed by atoms with Gasteiger partial charge < -0.3 is 5.32 Å². The molecule has 1 heterocycles. The highest BCUT2D eigenvalue weighted by Crippen LogP contribution is 2.28. The van der Waals surface area contributed by atoms with E-state index < -0.39 is 10.0 Å². The van der Waals surface area contributed by atoms with Crippen LogP contribution in [0.25, 0.3) is 11.1 Å². The fraction of sp³-hybridized carbons (Fsp3) is 0.321. The van der Waals surface area contributed by atoms with Gasteiger partial charge in [-0.15, -0.1) is 0 Å². The van der Waals surface area contributed by atoms with E-state index in [1.54, 1.807) is 12.1 Å². The van der Waals surface area contributed by atoms with Crippen LogP contribution in [0.1, 0.15) is 32.3 Å². The lowest BCUT2D eigenvalue weighted by Gasteiger charge is -2.36. The van der Waals surface area contributed by atoms with Crippen LogP contribution < -0.4 is 5.32 Å². The molecule has 0 bridgehead atoms. The smallest absolute Gasteiger partial charge is 0.243 e. The zero-order chi connectivity index (χ0) is 25.0. The van der Waals surface area contributed by atoms with E-state index in [1.807, 2.05) is 78.6 Å². The summed E-state index contributed by atoms with van der Waals surface area (Å²) in [5.74, 6) is 0.247. The minimum Gasteiger partial charge on any atom is -0.324 e. The topological polar surface area (TPSA) is 69.7 Å². The van der Waals surface area contributed by atoms with Crippen LogP contribution in [-0.4, -0.2) is 55.8 Å². The molecule has 0 aliphatic carbocycles. The molecule has 3 aromatic carbocycles. The molecule has 1 amide bonds. The Morgan fingerprint density at radius 1 is 0.800 bits per heavy atom. The van der Waals surface area contributed by atoms with E-state index in [2.05, 4.69) is 19.2 Å². The monoisotopic (exact) mass is 491 g/mol. The van der Waals surface area contributed by atoms with Crippen LogP contribution in [0, 0.1) is 0 Å². The molecule has 0 unspecified atom stereocenters. The minimum atomic E-state index is -3.55. The molecule has 0 radical (unpaired) electrons. The molecule has 1 fully saturated rings. The van der Waals surface area contributed by atoms with Gasteiger partial charge in [0.2, 0.25) is 15.9 Å². The highest BCUT2D eigenvalue weighted by atomic mass is 32.2. The number of benzene rings is 3. The first-order chi connectivity index (χ1) is 16.8. The molecule has 1 aliphatic rings. The lowest BCUT2D eigenvalue weighted by atomic mass is 10.0. The highest BCUT2D eigenvalue weighted by Gasteiger charge is 2.32. The lowest BCUT2D eigenvalue weighted by molar-refractivity contribution is -0.121. The van der Waals surface area contributed by atoms with Crippen molar-refractivity contribution in [3.8, 4) is 11.1 Å². The molecular formula is C28H33N3O3S. The number of piperazine rings is 1. The Kier molecular flexibility index (Phi) is 7.69. The van der Waals surface area contributed by atoms with E-state index in [4.69, 9.17) is 0 Å². The van der Waals surface area contributed by atoms with Gasteiger partial charge in [0.05, 0.1) is 10.9 Å². The SMILES string of the molecule is CC(C)c1ccc(S(=O)(=O)N2CCN([C@H](C)C(=O)Nc3ccccc3-c3ccccc3)CC2)cc1. The number of anilines is 1. The van der Waals surface area contributed by atoms with Gasteiger partial charge in [-0.05, 0) is 42.2 Å². The van der Waals surface area contributed by atoms with Crippen molar-refractivity contribution in [3.63, 3.8) is 0 Å². The number of nitrogens with zero attached hydrogens (tertiary/aromatic N) is 2. The van der Waals surface area contributed by atoms with Crippen molar-refractivity contribution in [3.05, 3.63) is 84.4 Å². The standard InChI is InChI=1S/C28H33N3O3S/c1-21(2)23-13-15-25(16-14-23)35(33,34)31-19-17-30(18-20-31)22(3)28(32)29-27-12-8-7-11-26(27)24-9-5-4-6-10-24/h4-16,21-22H,17-20H2,1-3H3,(H,29,32)/t22-/m1/s1. The number of carbonyl (C=O) groups excluding carboxylic acids is 1. The van der Waals surface area contributed by atoms with Crippen LogP contribution >= 0.6 is 0 Å². The van der Waals surface area contributed by atoms with Crippen molar-refractivity contribution in [2.45, 2.75) is 37.6 Å². The summed E-state index contributed by atoms with van der Waals surface area (Å²) in [7, 11) is -3.55. The first-order valence-electron chi connectivity index (χ1n) is 12.1. The number of nitrogens with one attached hydrogen (secondary N) is 1. The molecule has 184 valence electrons. The summed E-state index contributed by atoms with van der Waals surface area (Å²) in [6.07, 6.45) is 0. The fourth-order valence-corrected chi connectivity index (χ4v) is 5.79. The van der Waals surface area contributed by atoms with Crippen molar-refractivity contribution in [1.29, 1.82) is 0 Å². The predicted octanol–water partition coefficient (Wildman–Crippen LogP) is 4.81. The maximum Gasteiger partial charge on any atom is 0.243 e. The van der Waals surface area contributed by atoms with E-state index in [-0.39, 0.29) is 11.9 Å². The highest BCUT2D eigenvalue weighted by molar-refractivity contribution is 7.89. The second-order valence-corrected chi connectivity index (χ2v) is 11.2. The zero-order valence-electron chi connectivity index (χ0n) is 20.5. The van der Waals surface area contributed by atoms with E-state index in [0.717, 1.165) is 22.4 Å². The summed E-state index contributed by atoms with van der Waals surface area (Å²) < 4.78 is 27.8. The van der Waals surface area contributed by atoms with Gasteiger partial charge in [0.25, 0.3) is 0 Å². The van der Waals surface area contributed by atoms with Gasteiger partial charge in [0.15, 0.2) is 0 Å². The maximum absolute atomic E-state index is 13.1. The molecule has 0 spiro atoms. The Morgan fingerprint density at radius 2 is 1.40 bits per heavy atom. The Labute approximate surface area is 208 Å². The normalized spacial score (nSPS) is 16.2. The van der Waals surface area contributed by atoms with Gasteiger partial charge in [-0.25, -0.2) is 8.42 Å². The van der Waals surface area contributed by atoms with Gasteiger partial charge in [-0.3, -0.25) is 9.69 Å². The third-order valence-electron chi connectivity index (χ3n) is 6.65. The van der Waals surface area contributed by atoms with Crippen LogP contribution in [0.2, 0.25) is 0 Å². The maximum atomic E-state index is 13.1. The predicted molar refractivity (Wildman–Crippen MR) is 141 cm³/mol. The van der Waals surface area contributed by atoms with Crippen molar-refractivity contribution < 1.29 is 13.2 Å². The summed E-state index contributed by atoms with van der Waals surface area (Å²) in [6.45, 7) is 7.74. The molecule has 3 aromatic rings. The average Bonchev–Trinajstić information content (AvgIpc) is 2.89. The number of rotatable bonds is 7. The zero-order valence-corrected chi connectivity index (χ0v) is 21.3. The molecule has 35 heavy (non-hydrogen) atoms. The first kappa shape index (κ1) is 25.1. The number of hydrogen-bond acceptors (Lipinski definition) is 4. The summed E-state index contributed by atoms with van der Waals surface area (Å²) in [5, 5.41) is 3.08. The summed E-state index contributed by atoms with van der Waals surface area (Å²) >= 11 is 0. The van der Waals surface area contributed by atoms with Crippen LogP contribution in [-0.2, 0) is 14.8 Å². The molecule has 7 heteroatoms. The van der Waals surface area contributed by atoms with E-state index in [0.29, 0.717) is 37.0 Å². The molecule has 1 saturated heterocycles. The average molecular weight is 492 g/mol. The second kappa shape index (κ2) is 10.7. The fourth-order valence-electron chi connectivity index (χ4n) is 4.37. The van der Waals surface area contributed by atoms with E-state index in [9.17, 15) is 13.2 Å². The molecule has 0 saturated carbocycles. The van der Waals surface area contributed by atoms with Gasteiger partial charge in [0.1, 0.15) is 0 Å². The molecule has 0 aromatic heterocycles. The van der Waals surface area contributed by atoms with Gasteiger partial charge in [0, 0.05) is 37.4 Å². The van der Waals surface area contributed by atoms with Gasteiger partial charge >= 0.3 is 0 Å². The third-order valence-corrected chi connectivity index (χ3v) is 8.57. The van der Waals surface area contributed by atoms with Crippen molar-refractivity contribution in [1.82, 2.24) is 9.21 Å². The number of hydrogen-bond donors (Lipinski definition) is 1. The molecule has 1 N–H and O–H groups in total. The number of para-hydroxylation sites is 1. The van der Waals surface area contributed by atoms with E-state index >= 15 is 0 Å². The van der Waals surface area contributed by atoms with Crippen molar-refractivity contribution >= 4 is 21.6 Å². The van der Waals surface area contributed by atoms with Crippen molar-refractivity contribution in [2.24, 2.45) is 0 Å². The lowest BCUT2D eigenvalue weighted by Crippen LogP contribution is -2.53. The second-order valence-electron chi connectivity index (χ2n) is 9.24. The molecule has 4 rings (SSSR count). The summed E-state index contributed by atoms with van der Waals surface area (Å²) in [4.78, 5) is 15.5. The van der Waals surface area contributed by atoms with Crippen LogP contribution in [0.3, 0.4) is 0 Å². The van der Waals surface area contributed by atoms with E-state index in [1.165, 1.54) is 4.31 Å². The van der Waals surface area contributed by atoms with Crippen LogP contribution in [0.5, 0.6) is 0 Å². The van der Waals surface area contributed by atoms with Gasteiger partial charge in [-0.1, -0.05) is 74.5 Å². The Hall–Kier alpha value is -3.00. The third kappa shape index (κ3) is 5.64. The quantitative estimate of drug-likeness (QED) is 0.515. The summed E-state index contributed by atoms with van der Waals surface area (Å²) in [6, 6.07) is 24.5. The van der Waals surface area contributed by atoms with Crippen LogP contribution in [0.15, 0.2) is 83.8 Å². The Balaban J connectivity index is 1.39. The van der Waals surface area contributed by atoms with Crippen LogP contribution in [0.4, 0.5) is 5.69 Å². The number of amides is 1.